The van der Waals surface area contributed by atoms with Gasteiger partial charge in [-0.2, -0.15) is 0 Å². The number of ether oxygens (including phenoxy) is 2. The molecule has 0 spiro atoms. The van der Waals surface area contributed by atoms with E-state index in [-0.39, 0.29) is 19.4 Å². The van der Waals surface area contributed by atoms with Gasteiger partial charge in [0.2, 0.25) is 0 Å². The Balaban J connectivity index is 3.85. The average molecular weight is 785 g/mol. The minimum Gasteiger partial charge on any atom is -0.462 e. The van der Waals surface area contributed by atoms with E-state index in [1.54, 1.807) is 0 Å². The molecule has 0 radical (unpaired) electrons. The van der Waals surface area contributed by atoms with Crippen LogP contribution in [-0.4, -0.2) is 41.0 Å². The molecule has 0 heterocycles. The molecule has 0 fully saturated rings. The highest BCUT2D eigenvalue weighted by atomic mass is 31.2. The maximum atomic E-state index is 12.4. The van der Waals surface area contributed by atoms with Crippen molar-refractivity contribution in [2.45, 2.75) is 238 Å². The predicted octanol–water partition coefficient (Wildman–Crippen LogP) is 14.0. The molecule has 2 N–H and O–H groups in total. The molecule has 54 heavy (non-hydrogen) atoms. The topological polar surface area (TPSA) is 119 Å². The van der Waals surface area contributed by atoms with Crippen LogP contribution in [0.25, 0.3) is 0 Å². The zero-order chi connectivity index (χ0) is 39.6. The van der Waals surface area contributed by atoms with E-state index >= 15 is 0 Å². The fraction of sp³-hybridized carbons (Fsp3) is 0.867. The number of esters is 2. The molecule has 0 bridgehead atoms. The van der Waals surface area contributed by atoms with Crippen LogP contribution in [0.5, 0.6) is 0 Å². The first kappa shape index (κ1) is 52.5. The maximum Gasteiger partial charge on any atom is 0.469 e. The summed E-state index contributed by atoms with van der Waals surface area (Å²) in [6.07, 6.45) is 47.5. The van der Waals surface area contributed by atoms with Gasteiger partial charge in [0.05, 0.1) is 6.61 Å². The van der Waals surface area contributed by atoms with E-state index < -0.39 is 32.5 Å². The lowest BCUT2D eigenvalue weighted by Crippen LogP contribution is -2.29. The van der Waals surface area contributed by atoms with Gasteiger partial charge in [0, 0.05) is 12.8 Å². The Morgan fingerprint density at radius 2 is 0.833 bits per heavy atom. The molecule has 0 aromatic rings. The van der Waals surface area contributed by atoms with E-state index in [2.05, 4.69) is 42.7 Å². The normalized spacial score (nSPS) is 12.6. The summed E-state index contributed by atoms with van der Waals surface area (Å²) >= 11 is 0. The number of carbonyl (C=O) groups excluding carboxylic acids is 2. The smallest absolute Gasteiger partial charge is 0.462 e. The average Bonchev–Trinajstić information content (AvgIpc) is 3.14. The molecular formula is C45H85O8P. The third kappa shape index (κ3) is 43.3. The van der Waals surface area contributed by atoms with E-state index in [1.807, 2.05) is 0 Å². The van der Waals surface area contributed by atoms with Crippen molar-refractivity contribution in [1.82, 2.24) is 0 Å². The van der Waals surface area contributed by atoms with Gasteiger partial charge in [0.25, 0.3) is 0 Å². The van der Waals surface area contributed by atoms with Crippen molar-refractivity contribution in [2.24, 2.45) is 0 Å². The van der Waals surface area contributed by atoms with Gasteiger partial charge in [-0.15, -0.1) is 0 Å². The van der Waals surface area contributed by atoms with Crippen molar-refractivity contribution in [3.8, 4) is 0 Å². The summed E-state index contributed by atoms with van der Waals surface area (Å²) in [6, 6.07) is 0. The molecule has 0 aliphatic carbocycles. The van der Waals surface area contributed by atoms with Crippen molar-refractivity contribution in [1.29, 1.82) is 0 Å². The number of allylic oxidation sites excluding steroid dienone is 4. The molecule has 0 saturated carbocycles. The summed E-state index contributed by atoms with van der Waals surface area (Å²) in [7, 11) is -4.75. The summed E-state index contributed by atoms with van der Waals surface area (Å²) in [5.74, 6) is -0.882. The second-order valence-electron chi connectivity index (χ2n) is 15.4. The van der Waals surface area contributed by atoms with Crippen LogP contribution in [0.2, 0.25) is 0 Å². The van der Waals surface area contributed by atoms with Crippen molar-refractivity contribution < 1.29 is 37.9 Å². The number of hydrogen-bond donors (Lipinski definition) is 2. The lowest BCUT2D eigenvalue weighted by molar-refractivity contribution is -0.161. The van der Waals surface area contributed by atoms with Crippen LogP contribution < -0.4 is 0 Å². The minimum atomic E-state index is -4.75. The SMILES string of the molecule is CCCCC/C=C\C/C=C\CCCCCCCCCC(=O)OC(COC(=O)CCCCCCCCCCCCCCCCCCCCC)COP(=O)(O)O. The summed E-state index contributed by atoms with van der Waals surface area (Å²) in [5, 5.41) is 0. The first-order valence-corrected chi connectivity index (χ1v) is 24.2. The molecule has 0 rings (SSSR count). The Kier molecular flexibility index (Phi) is 40.1. The summed E-state index contributed by atoms with van der Waals surface area (Å²) in [6.45, 7) is 3.68. The highest BCUT2D eigenvalue weighted by molar-refractivity contribution is 7.46. The molecule has 0 aliphatic rings. The first-order valence-electron chi connectivity index (χ1n) is 22.6. The number of phosphoric ester groups is 1. The first-order chi connectivity index (χ1) is 26.3. The van der Waals surface area contributed by atoms with Gasteiger partial charge < -0.3 is 19.3 Å². The molecule has 1 atom stereocenters. The zero-order valence-corrected chi connectivity index (χ0v) is 36.0. The Labute approximate surface area is 332 Å². The number of hydrogen-bond acceptors (Lipinski definition) is 6. The van der Waals surface area contributed by atoms with Gasteiger partial charge >= 0.3 is 19.8 Å². The van der Waals surface area contributed by atoms with Crippen LogP contribution >= 0.6 is 7.82 Å². The summed E-state index contributed by atoms with van der Waals surface area (Å²) < 4.78 is 26.4. The van der Waals surface area contributed by atoms with Crippen molar-refractivity contribution in [3.63, 3.8) is 0 Å². The number of carbonyl (C=O) groups is 2. The van der Waals surface area contributed by atoms with Crippen LogP contribution in [0.15, 0.2) is 24.3 Å². The molecule has 8 nitrogen and oxygen atoms in total. The van der Waals surface area contributed by atoms with Crippen molar-refractivity contribution in [2.75, 3.05) is 13.2 Å². The van der Waals surface area contributed by atoms with Crippen molar-refractivity contribution in [3.05, 3.63) is 24.3 Å². The van der Waals surface area contributed by atoms with Crippen LogP contribution in [0.1, 0.15) is 232 Å². The third-order valence-electron chi connectivity index (χ3n) is 9.97. The van der Waals surface area contributed by atoms with E-state index in [9.17, 15) is 14.2 Å². The minimum absolute atomic E-state index is 0.206. The summed E-state index contributed by atoms with van der Waals surface area (Å²) in [4.78, 5) is 42.9. The van der Waals surface area contributed by atoms with Gasteiger partial charge in [-0.25, -0.2) is 4.57 Å². The zero-order valence-electron chi connectivity index (χ0n) is 35.1. The third-order valence-corrected chi connectivity index (χ3v) is 10.5. The largest absolute Gasteiger partial charge is 0.469 e. The van der Waals surface area contributed by atoms with Crippen LogP contribution in [0, 0.1) is 0 Å². The highest BCUT2D eigenvalue weighted by Gasteiger charge is 2.23. The quantitative estimate of drug-likeness (QED) is 0.0272. The van der Waals surface area contributed by atoms with Crippen molar-refractivity contribution >= 4 is 19.8 Å². The van der Waals surface area contributed by atoms with Gasteiger partial charge in [0.1, 0.15) is 6.61 Å². The molecule has 318 valence electrons. The molecule has 0 aliphatic heterocycles. The molecule has 0 aromatic heterocycles. The van der Waals surface area contributed by atoms with Crippen LogP contribution in [0.3, 0.4) is 0 Å². The maximum absolute atomic E-state index is 12.4. The Hall–Kier alpha value is -1.47. The Morgan fingerprint density at radius 1 is 0.481 bits per heavy atom. The van der Waals surface area contributed by atoms with E-state index in [0.29, 0.717) is 6.42 Å². The number of unbranched alkanes of at least 4 members (excludes halogenated alkanes) is 28. The lowest BCUT2D eigenvalue weighted by Gasteiger charge is -2.18. The van der Waals surface area contributed by atoms with Gasteiger partial charge in [0.15, 0.2) is 6.10 Å². The molecule has 0 amide bonds. The molecule has 0 aromatic carbocycles. The molecule has 1 unspecified atom stereocenters. The van der Waals surface area contributed by atoms with E-state index in [4.69, 9.17) is 19.3 Å². The monoisotopic (exact) mass is 785 g/mol. The second kappa shape index (κ2) is 41.2. The number of phosphoric acid groups is 1. The number of rotatable bonds is 42. The summed E-state index contributed by atoms with van der Waals surface area (Å²) in [5.41, 5.74) is 0. The second-order valence-corrected chi connectivity index (χ2v) is 16.6. The van der Waals surface area contributed by atoms with E-state index in [1.165, 1.54) is 148 Å². The van der Waals surface area contributed by atoms with Crippen LogP contribution in [-0.2, 0) is 28.2 Å². The molecular weight excluding hydrogens is 699 g/mol. The predicted molar refractivity (Wildman–Crippen MR) is 225 cm³/mol. The molecule has 0 saturated heterocycles. The lowest BCUT2D eigenvalue weighted by atomic mass is 10.0. The highest BCUT2D eigenvalue weighted by Crippen LogP contribution is 2.36. The van der Waals surface area contributed by atoms with E-state index in [0.717, 1.165) is 51.4 Å². The van der Waals surface area contributed by atoms with Gasteiger partial charge in [-0.3, -0.25) is 14.1 Å². The standard InChI is InChI=1S/C45H85O8P/c1-3-5-7-9-11-13-15-17-19-21-22-24-25-27-29-31-33-35-37-39-44(46)51-41-43(42-52-54(48,49)50)53-45(47)40-38-36-34-32-30-28-26-23-20-18-16-14-12-10-8-6-4-2/h12,14,18,20,43H,3-11,13,15-17,19,21-42H2,1-2H3,(H2,48,49,50)/b14-12-,20-18-. The fourth-order valence-corrected chi connectivity index (χ4v) is 6.94. The van der Waals surface area contributed by atoms with Gasteiger partial charge in [-0.1, -0.05) is 199 Å². The van der Waals surface area contributed by atoms with Gasteiger partial charge in [-0.05, 0) is 44.9 Å². The Morgan fingerprint density at radius 3 is 1.26 bits per heavy atom. The van der Waals surface area contributed by atoms with Crippen LogP contribution in [0.4, 0.5) is 0 Å². The Bertz CT molecular complexity index is 931. The molecule has 9 heteroatoms. The fourth-order valence-electron chi connectivity index (χ4n) is 6.58.